The first kappa shape index (κ1) is 25.2. The molecule has 0 spiro atoms. The standard InChI is InChI=1S/C27H25NO7/c1-16-8-12-19(13-9-16)26(32)34-22(24(29)28-21-7-5-4-6-18(21)3)23(25(30)31)35-27(33)20-14-10-17(2)11-15-20/h4-15,22-23H,1-3H3,(H,28,29)(H,30,31)/t22-,23-/m1/s1. The number of benzene rings is 3. The average Bonchev–Trinajstić information content (AvgIpc) is 2.83. The molecule has 0 saturated heterocycles. The minimum Gasteiger partial charge on any atom is -0.478 e. The number of carboxylic acid groups (broad SMARTS) is 1. The van der Waals surface area contributed by atoms with Crippen LogP contribution in [0.1, 0.15) is 37.4 Å². The van der Waals surface area contributed by atoms with E-state index in [1.54, 1.807) is 55.5 Å². The largest absolute Gasteiger partial charge is 0.478 e. The molecule has 0 radical (unpaired) electrons. The first-order valence-electron chi connectivity index (χ1n) is 10.8. The van der Waals surface area contributed by atoms with Crippen molar-refractivity contribution in [2.45, 2.75) is 33.0 Å². The number of amides is 1. The number of aryl methyl sites for hydroxylation is 3. The zero-order valence-corrected chi connectivity index (χ0v) is 19.5. The minimum atomic E-state index is -2.10. The molecule has 8 nitrogen and oxygen atoms in total. The van der Waals surface area contributed by atoms with E-state index in [4.69, 9.17) is 9.47 Å². The first-order chi connectivity index (χ1) is 16.7. The zero-order chi connectivity index (χ0) is 25.5. The normalized spacial score (nSPS) is 12.2. The topological polar surface area (TPSA) is 119 Å². The fourth-order valence-corrected chi connectivity index (χ4v) is 3.16. The second-order valence-corrected chi connectivity index (χ2v) is 8.03. The third kappa shape index (κ3) is 6.54. The molecule has 0 aromatic heterocycles. The summed E-state index contributed by atoms with van der Waals surface area (Å²) in [5.74, 6) is -4.51. The van der Waals surface area contributed by atoms with Crippen LogP contribution in [0.3, 0.4) is 0 Å². The first-order valence-corrected chi connectivity index (χ1v) is 10.8. The quantitative estimate of drug-likeness (QED) is 0.471. The number of para-hydroxylation sites is 1. The van der Waals surface area contributed by atoms with Gasteiger partial charge in [0.15, 0.2) is 0 Å². The van der Waals surface area contributed by atoms with Gasteiger partial charge in [0.05, 0.1) is 11.1 Å². The minimum absolute atomic E-state index is 0.0878. The predicted octanol–water partition coefficient (Wildman–Crippen LogP) is 4.09. The molecule has 3 rings (SSSR count). The van der Waals surface area contributed by atoms with Gasteiger partial charge in [0.1, 0.15) is 0 Å². The molecular weight excluding hydrogens is 450 g/mol. The molecule has 2 atom stereocenters. The van der Waals surface area contributed by atoms with Crippen LogP contribution in [0.15, 0.2) is 72.8 Å². The van der Waals surface area contributed by atoms with Gasteiger partial charge in [-0.1, -0.05) is 53.6 Å². The molecule has 0 bridgehead atoms. The van der Waals surface area contributed by atoms with E-state index in [2.05, 4.69) is 5.32 Å². The maximum Gasteiger partial charge on any atom is 0.349 e. The highest BCUT2D eigenvalue weighted by atomic mass is 16.6. The van der Waals surface area contributed by atoms with E-state index in [9.17, 15) is 24.3 Å². The van der Waals surface area contributed by atoms with E-state index >= 15 is 0 Å². The summed E-state index contributed by atoms with van der Waals surface area (Å²) in [4.78, 5) is 50.7. The Morgan fingerprint density at radius 1 is 0.686 bits per heavy atom. The SMILES string of the molecule is Cc1ccc(C(=O)O[C@@H](C(=O)O)[C@@H](OC(=O)c2ccc(C)cc2)C(=O)Nc2ccccc2C)cc1. The van der Waals surface area contributed by atoms with Gasteiger partial charge in [-0.2, -0.15) is 0 Å². The molecule has 0 heterocycles. The second kappa shape index (κ2) is 11.1. The number of aliphatic carboxylic acids is 1. The lowest BCUT2D eigenvalue weighted by molar-refractivity contribution is -0.157. The maximum atomic E-state index is 13.2. The molecule has 3 aromatic rings. The highest BCUT2D eigenvalue weighted by Crippen LogP contribution is 2.18. The van der Waals surface area contributed by atoms with Gasteiger partial charge in [-0.05, 0) is 56.7 Å². The summed E-state index contributed by atoms with van der Waals surface area (Å²) in [6, 6.07) is 19.4. The summed E-state index contributed by atoms with van der Waals surface area (Å²) in [5, 5.41) is 12.4. The van der Waals surface area contributed by atoms with Crippen molar-refractivity contribution < 1.29 is 33.8 Å². The number of anilines is 1. The van der Waals surface area contributed by atoms with Gasteiger partial charge >= 0.3 is 17.9 Å². The lowest BCUT2D eigenvalue weighted by Crippen LogP contribution is -2.48. The number of carbonyl (C=O) groups excluding carboxylic acids is 3. The lowest BCUT2D eigenvalue weighted by atomic mass is 10.1. The monoisotopic (exact) mass is 475 g/mol. The third-order valence-electron chi connectivity index (χ3n) is 5.22. The van der Waals surface area contributed by atoms with Gasteiger partial charge in [-0.3, -0.25) is 4.79 Å². The van der Waals surface area contributed by atoms with Crippen molar-refractivity contribution in [3.63, 3.8) is 0 Å². The summed E-state index contributed by atoms with van der Waals surface area (Å²) in [5.41, 5.74) is 3.07. The molecule has 0 aliphatic carbocycles. The summed E-state index contributed by atoms with van der Waals surface area (Å²) in [6.07, 6.45) is -4.06. The Morgan fingerprint density at radius 2 is 1.14 bits per heavy atom. The van der Waals surface area contributed by atoms with Crippen molar-refractivity contribution in [3.8, 4) is 0 Å². The molecule has 0 saturated carbocycles. The fraction of sp³-hybridized carbons (Fsp3) is 0.185. The molecule has 180 valence electrons. The van der Waals surface area contributed by atoms with E-state index < -0.39 is 36.0 Å². The molecule has 0 aliphatic rings. The van der Waals surface area contributed by atoms with Gasteiger partial charge in [0.25, 0.3) is 5.91 Å². The Kier molecular flexibility index (Phi) is 7.99. The van der Waals surface area contributed by atoms with E-state index in [-0.39, 0.29) is 11.1 Å². The van der Waals surface area contributed by atoms with Crippen LogP contribution in [-0.4, -0.2) is 41.1 Å². The number of nitrogens with one attached hydrogen (secondary N) is 1. The van der Waals surface area contributed by atoms with Crippen molar-refractivity contribution in [2.75, 3.05) is 5.32 Å². The number of hydrogen-bond acceptors (Lipinski definition) is 6. The van der Waals surface area contributed by atoms with Crippen LogP contribution in [0, 0.1) is 20.8 Å². The summed E-state index contributed by atoms with van der Waals surface area (Å²) in [6.45, 7) is 5.40. The Bertz CT molecular complexity index is 1230. The third-order valence-corrected chi connectivity index (χ3v) is 5.22. The van der Waals surface area contributed by atoms with Crippen molar-refractivity contribution in [1.82, 2.24) is 0 Å². The highest BCUT2D eigenvalue weighted by molar-refractivity contribution is 6.01. The molecule has 2 N–H and O–H groups in total. The number of carbonyl (C=O) groups is 4. The number of rotatable bonds is 8. The fourth-order valence-electron chi connectivity index (χ4n) is 3.16. The van der Waals surface area contributed by atoms with Gasteiger partial charge in [0.2, 0.25) is 12.2 Å². The smallest absolute Gasteiger partial charge is 0.349 e. The van der Waals surface area contributed by atoms with Gasteiger partial charge in [0, 0.05) is 5.69 Å². The van der Waals surface area contributed by atoms with Gasteiger partial charge < -0.3 is 19.9 Å². The molecule has 35 heavy (non-hydrogen) atoms. The van der Waals surface area contributed by atoms with E-state index in [1.165, 1.54) is 24.3 Å². The predicted molar refractivity (Wildman–Crippen MR) is 128 cm³/mol. The average molecular weight is 475 g/mol. The number of esters is 2. The van der Waals surface area contributed by atoms with Gasteiger partial charge in [-0.25, -0.2) is 14.4 Å². The van der Waals surface area contributed by atoms with Crippen molar-refractivity contribution in [1.29, 1.82) is 0 Å². The molecule has 3 aromatic carbocycles. The number of ether oxygens (including phenoxy) is 2. The lowest BCUT2D eigenvalue weighted by Gasteiger charge is -2.24. The summed E-state index contributed by atoms with van der Waals surface area (Å²) >= 11 is 0. The van der Waals surface area contributed by atoms with Crippen molar-refractivity contribution >= 4 is 29.5 Å². The Balaban J connectivity index is 1.91. The Hall–Kier alpha value is -4.46. The molecule has 1 amide bonds. The molecule has 0 unspecified atom stereocenters. The van der Waals surface area contributed by atoms with Crippen LogP contribution >= 0.6 is 0 Å². The summed E-state index contributed by atoms with van der Waals surface area (Å²) < 4.78 is 10.5. The maximum absolute atomic E-state index is 13.2. The molecule has 0 fully saturated rings. The van der Waals surface area contributed by atoms with E-state index in [0.29, 0.717) is 11.3 Å². The van der Waals surface area contributed by atoms with Crippen LogP contribution in [0.2, 0.25) is 0 Å². The Morgan fingerprint density at radius 3 is 1.60 bits per heavy atom. The molecule has 8 heteroatoms. The second-order valence-electron chi connectivity index (χ2n) is 8.03. The van der Waals surface area contributed by atoms with Crippen molar-refractivity contribution in [2.24, 2.45) is 0 Å². The molecular formula is C27H25NO7. The van der Waals surface area contributed by atoms with Crippen molar-refractivity contribution in [3.05, 3.63) is 101 Å². The van der Waals surface area contributed by atoms with Crippen LogP contribution in [0.25, 0.3) is 0 Å². The van der Waals surface area contributed by atoms with E-state index in [1.807, 2.05) is 13.8 Å². The zero-order valence-electron chi connectivity index (χ0n) is 19.5. The summed E-state index contributed by atoms with van der Waals surface area (Å²) in [7, 11) is 0. The molecule has 0 aliphatic heterocycles. The van der Waals surface area contributed by atoms with Crippen LogP contribution in [0.5, 0.6) is 0 Å². The number of hydrogen-bond donors (Lipinski definition) is 2. The van der Waals surface area contributed by atoms with Gasteiger partial charge in [-0.15, -0.1) is 0 Å². The van der Waals surface area contributed by atoms with Crippen LogP contribution in [0.4, 0.5) is 5.69 Å². The highest BCUT2D eigenvalue weighted by Gasteiger charge is 2.41. The van der Waals surface area contributed by atoms with E-state index in [0.717, 1.165) is 11.1 Å². The Labute approximate surface area is 202 Å². The van der Waals surface area contributed by atoms with Crippen LogP contribution < -0.4 is 5.32 Å². The van der Waals surface area contributed by atoms with Crippen LogP contribution in [-0.2, 0) is 19.1 Å². The number of carboxylic acids is 1.